The number of rotatable bonds is 8. The Morgan fingerprint density at radius 2 is 1.91 bits per heavy atom. The van der Waals surface area contributed by atoms with Crippen molar-refractivity contribution in [2.24, 2.45) is 0 Å². The summed E-state index contributed by atoms with van der Waals surface area (Å²) < 4.78 is 10.1. The third-order valence-electron chi connectivity index (χ3n) is 5.64. The monoisotopic (exact) mass is 494 g/mol. The summed E-state index contributed by atoms with van der Waals surface area (Å²) in [6.07, 6.45) is 0.653. The maximum Gasteiger partial charge on any atom is 0.337 e. The molecule has 4 rings (SSSR count). The summed E-state index contributed by atoms with van der Waals surface area (Å²) in [6.45, 7) is 1.95. The third-order valence-corrected chi connectivity index (χ3v) is 6.52. The van der Waals surface area contributed by atoms with Gasteiger partial charge in [0.25, 0.3) is 5.56 Å². The van der Waals surface area contributed by atoms with E-state index in [1.54, 1.807) is 31.4 Å². The molecule has 3 aromatic rings. The maximum absolute atomic E-state index is 12.8. The first kappa shape index (κ1) is 24.5. The van der Waals surface area contributed by atoms with Gasteiger partial charge in [-0.3, -0.25) is 14.5 Å². The van der Waals surface area contributed by atoms with Crippen LogP contribution in [-0.2, 0) is 29.0 Å². The number of nitrogens with zero attached hydrogens (tertiary/aromatic N) is 2. The van der Waals surface area contributed by atoms with Gasteiger partial charge in [0.2, 0.25) is 5.91 Å². The maximum atomic E-state index is 12.8. The molecule has 1 aliphatic heterocycles. The summed E-state index contributed by atoms with van der Waals surface area (Å²) >= 11 is 1.17. The Balaban J connectivity index is 1.34. The molecule has 0 saturated heterocycles. The van der Waals surface area contributed by atoms with Crippen LogP contribution in [0.3, 0.4) is 0 Å². The predicted octanol–water partition coefficient (Wildman–Crippen LogP) is 2.85. The standard InChI is InChI=1S/C25H26N4O5S/c1-33-21-6-4-3-5-17(21)13-29-12-11-20-19(14-29)23(31)28-25(27-20)35-15-22(30)26-18-9-7-16(8-10-18)24(32)34-2/h3-10H,11-15H2,1-2H3,(H,26,30)(H,27,28,31). The Bertz CT molecular complexity index is 1280. The quantitative estimate of drug-likeness (QED) is 0.279. The van der Waals surface area contributed by atoms with Crippen molar-refractivity contribution in [1.29, 1.82) is 0 Å². The predicted molar refractivity (Wildman–Crippen MR) is 133 cm³/mol. The molecule has 1 aromatic heterocycles. The van der Waals surface area contributed by atoms with E-state index in [1.165, 1.54) is 18.9 Å². The van der Waals surface area contributed by atoms with E-state index < -0.39 is 5.97 Å². The number of thioether (sulfide) groups is 1. The fourth-order valence-electron chi connectivity index (χ4n) is 3.87. The number of anilines is 1. The first-order chi connectivity index (χ1) is 17.0. The van der Waals surface area contributed by atoms with Crippen LogP contribution in [0.4, 0.5) is 5.69 Å². The summed E-state index contributed by atoms with van der Waals surface area (Å²) in [6, 6.07) is 14.3. The molecule has 1 amide bonds. The van der Waals surface area contributed by atoms with Crippen molar-refractivity contribution in [3.05, 3.63) is 81.3 Å². The van der Waals surface area contributed by atoms with E-state index in [9.17, 15) is 14.4 Å². The second kappa shape index (κ2) is 11.2. The second-order valence-electron chi connectivity index (χ2n) is 7.97. The zero-order valence-corrected chi connectivity index (χ0v) is 20.3. The van der Waals surface area contributed by atoms with Crippen LogP contribution in [0, 0.1) is 0 Å². The number of hydrogen-bond acceptors (Lipinski definition) is 8. The fourth-order valence-corrected chi connectivity index (χ4v) is 4.55. The number of carbonyl (C=O) groups is 2. The second-order valence-corrected chi connectivity index (χ2v) is 8.94. The number of methoxy groups -OCH3 is 2. The summed E-state index contributed by atoms with van der Waals surface area (Å²) in [5, 5.41) is 3.18. The van der Waals surface area contributed by atoms with Gasteiger partial charge >= 0.3 is 5.97 Å². The van der Waals surface area contributed by atoms with Crippen molar-refractivity contribution in [3.8, 4) is 5.75 Å². The lowest BCUT2D eigenvalue weighted by Crippen LogP contribution is -2.35. The van der Waals surface area contributed by atoms with Gasteiger partial charge in [-0.2, -0.15) is 0 Å². The van der Waals surface area contributed by atoms with Crippen LogP contribution in [0.25, 0.3) is 0 Å². The Labute approximate surface area is 206 Å². The van der Waals surface area contributed by atoms with E-state index in [0.29, 0.717) is 41.5 Å². The topological polar surface area (TPSA) is 114 Å². The number of fused-ring (bicyclic) bond motifs is 1. The van der Waals surface area contributed by atoms with Gasteiger partial charge in [-0.15, -0.1) is 0 Å². The van der Waals surface area contributed by atoms with Crippen LogP contribution in [0.5, 0.6) is 5.75 Å². The van der Waals surface area contributed by atoms with Gasteiger partial charge in [0.05, 0.1) is 36.8 Å². The zero-order chi connectivity index (χ0) is 24.8. The Morgan fingerprint density at radius 1 is 1.14 bits per heavy atom. The number of amides is 1. The van der Waals surface area contributed by atoms with Crippen LogP contribution in [-0.4, -0.2) is 53.3 Å². The SMILES string of the molecule is COC(=O)c1ccc(NC(=O)CSc2nc3c(c(=O)[nH]2)CN(Cc2ccccc2OC)CC3)cc1. The number of esters is 1. The molecule has 2 N–H and O–H groups in total. The number of aromatic amines is 1. The van der Waals surface area contributed by atoms with Crippen LogP contribution in [0.1, 0.15) is 27.2 Å². The highest BCUT2D eigenvalue weighted by Crippen LogP contribution is 2.23. The lowest BCUT2D eigenvalue weighted by Gasteiger charge is -2.28. The molecule has 0 atom stereocenters. The van der Waals surface area contributed by atoms with E-state index in [0.717, 1.165) is 23.6 Å². The lowest BCUT2D eigenvalue weighted by molar-refractivity contribution is -0.113. The zero-order valence-electron chi connectivity index (χ0n) is 19.5. The summed E-state index contributed by atoms with van der Waals surface area (Å²) in [5.41, 5.74) is 3.28. The molecular weight excluding hydrogens is 468 g/mol. The Morgan fingerprint density at radius 3 is 2.66 bits per heavy atom. The number of ether oxygens (including phenoxy) is 2. The summed E-state index contributed by atoms with van der Waals surface area (Å²) in [7, 11) is 2.96. The molecule has 35 heavy (non-hydrogen) atoms. The fraction of sp³-hybridized carbons (Fsp3) is 0.280. The molecule has 0 aliphatic carbocycles. The third kappa shape index (κ3) is 6.09. The highest BCUT2D eigenvalue weighted by atomic mass is 32.2. The molecule has 1 aliphatic rings. The van der Waals surface area contributed by atoms with Crippen molar-refractivity contribution < 1.29 is 19.1 Å². The number of nitrogens with one attached hydrogen (secondary N) is 2. The van der Waals surface area contributed by atoms with Crippen molar-refractivity contribution in [2.45, 2.75) is 24.7 Å². The normalized spacial score (nSPS) is 13.1. The first-order valence-electron chi connectivity index (χ1n) is 11.0. The van der Waals surface area contributed by atoms with Gasteiger partial charge in [0.1, 0.15) is 5.75 Å². The van der Waals surface area contributed by atoms with Crippen LogP contribution < -0.4 is 15.6 Å². The van der Waals surface area contributed by atoms with E-state index in [1.807, 2.05) is 24.3 Å². The number of para-hydroxylation sites is 1. The van der Waals surface area contributed by atoms with Crippen molar-refractivity contribution in [1.82, 2.24) is 14.9 Å². The van der Waals surface area contributed by atoms with Gasteiger partial charge < -0.3 is 19.8 Å². The molecule has 0 fully saturated rings. The highest BCUT2D eigenvalue weighted by Gasteiger charge is 2.22. The molecule has 0 spiro atoms. The molecule has 182 valence electrons. The molecule has 0 saturated carbocycles. The molecule has 2 heterocycles. The summed E-state index contributed by atoms with van der Waals surface area (Å²) in [4.78, 5) is 46.2. The number of aromatic nitrogens is 2. The lowest BCUT2D eigenvalue weighted by atomic mass is 10.1. The van der Waals surface area contributed by atoms with Crippen LogP contribution in [0.2, 0.25) is 0 Å². The highest BCUT2D eigenvalue weighted by molar-refractivity contribution is 7.99. The molecule has 10 heteroatoms. The van der Waals surface area contributed by atoms with E-state index in [2.05, 4.69) is 24.9 Å². The van der Waals surface area contributed by atoms with Crippen LogP contribution in [0.15, 0.2) is 58.5 Å². The minimum atomic E-state index is -0.441. The van der Waals surface area contributed by atoms with Gasteiger partial charge in [-0.05, 0) is 30.3 Å². The molecule has 0 unspecified atom stereocenters. The molecule has 9 nitrogen and oxygen atoms in total. The minimum Gasteiger partial charge on any atom is -0.496 e. The smallest absolute Gasteiger partial charge is 0.337 e. The molecule has 0 bridgehead atoms. The van der Waals surface area contributed by atoms with Gasteiger partial charge in [0, 0.05) is 37.3 Å². The molecule has 2 aromatic carbocycles. The average Bonchev–Trinajstić information content (AvgIpc) is 2.88. The Hall–Kier alpha value is -3.63. The average molecular weight is 495 g/mol. The Kier molecular flexibility index (Phi) is 7.84. The van der Waals surface area contributed by atoms with E-state index >= 15 is 0 Å². The number of H-pyrrole nitrogens is 1. The number of carbonyl (C=O) groups excluding carboxylic acids is 2. The van der Waals surface area contributed by atoms with Crippen molar-refractivity contribution >= 4 is 29.3 Å². The van der Waals surface area contributed by atoms with Crippen molar-refractivity contribution in [2.75, 3.05) is 31.8 Å². The van der Waals surface area contributed by atoms with Crippen molar-refractivity contribution in [3.63, 3.8) is 0 Å². The van der Waals surface area contributed by atoms with E-state index in [-0.39, 0.29) is 17.2 Å². The number of benzene rings is 2. The minimum absolute atomic E-state index is 0.0837. The van der Waals surface area contributed by atoms with E-state index in [4.69, 9.17) is 4.74 Å². The number of hydrogen-bond donors (Lipinski definition) is 2. The molecular formula is C25H26N4O5S. The summed E-state index contributed by atoms with van der Waals surface area (Å²) in [5.74, 6) is 0.225. The molecule has 0 radical (unpaired) electrons. The largest absolute Gasteiger partial charge is 0.496 e. The van der Waals surface area contributed by atoms with Gasteiger partial charge in [-0.25, -0.2) is 9.78 Å². The van der Waals surface area contributed by atoms with Gasteiger partial charge in [0.15, 0.2) is 5.16 Å². The van der Waals surface area contributed by atoms with Crippen LogP contribution >= 0.6 is 11.8 Å². The van der Waals surface area contributed by atoms with Gasteiger partial charge in [-0.1, -0.05) is 30.0 Å². The first-order valence-corrected chi connectivity index (χ1v) is 12.0.